The molecule has 20 heavy (non-hydrogen) atoms. The molecule has 2 atom stereocenters. The molecule has 6 nitrogen and oxygen atoms in total. The molecule has 110 valence electrons. The Morgan fingerprint density at radius 1 is 1.40 bits per heavy atom. The van der Waals surface area contributed by atoms with Gasteiger partial charge in [-0.05, 0) is 24.3 Å². The molecule has 2 rings (SSSR count). The topological polar surface area (TPSA) is 78.1 Å². The second kappa shape index (κ2) is 6.65. The molecule has 1 fully saturated rings. The van der Waals surface area contributed by atoms with Crippen LogP contribution in [0.2, 0.25) is 0 Å². The lowest BCUT2D eigenvalue weighted by Crippen LogP contribution is -2.43. The molecule has 0 radical (unpaired) electrons. The van der Waals surface area contributed by atoms with Crippen molar-refractivity contribution in [2.45, 2.75) is 20.3 Å². The highest BCUT2D eigenvalue weighted by molar-refractivity contribution is 5.91. The molecule has 1 saturated heterocycles. The van der Waals surface area contributed by atoms with Crippen LogP contribution in [-0.2, 0) is 0 Å². The number of amides is 1. The maximum atomic E-state index is 11.8. The average molecular weight is 278 g/mol. The van der Waals surface area contributed by atoms with E-state index in [-0.39, 0.29) is 17.2 Å². The summed E-state index contributed by atoms with van der Waals surface area (Å²) in [4.78, 5) is 25.1. The molecule has 0 aliphatic carbocycles. The maximum absolute atomic E-state index is 11.8. The van der Waals surface area contributed by atoms with Gasteiger partial charge in [-0.3, -0.25) is 9.59 Å². The van der Waals surface area contributed by atoms with E-state index in [2.05, 4.69) is 34.3 Å². The zero-order valence-electron chi connectivity index (χ0n) is 12.1. The second-order valence-corrected chi connectivity index (χ2v) is 5.77. The van der Waals surface area contributed by atoms with Gasteiger partial charge in [0.25, 0.3) is 11.5 Å². The fourth-order valence-corrected chi connectivity index (χ4v) is 2.86. The normalized spacial score (nSPS) is 23.5. The van der Waals surface area contributed by atoms with E-state index in [1.165, 1.54) is 18.6 Å². The number of H-pyrrole nitrogens is 1. The van der Waals surface area contributed by atoms with Crippen molar-refractivity contribution in [2.75, 3.05) is 26.2 Å². The fourth-order valence-electron chi connectivity index (χ4n) is 2.86. The first-order valence-corrected chi connectivity index (χ1v) is 7.11. The molecule has 1 aromatic rings. The largest absolute Gasteiger partial charge is 0.349 e. The minimum atomic E-state index is -0.308. The lowest BCUT2D eigenvalue weighted by molar-refractivity contribution is 0.0930. The fraction of sp³-hybridized carbons (Fsp3) is 0.643. The molecule has 0 spiro atoms. The predicted octanol–water partition coefficient (Wildman–Crippen LogP) is 0.478. The molecule has 1 aromatic heterocycles. The highest BCUT2D eigenvalue weighted by atomic mass is 16.2. The summed E-state index contributed by atoms with van der Waals surface area (Å²) >= 11 is 0. The third kappa shape index (κ3) is 4.16. The summed E-state index contributed by atoms with van der Waals surface area (Å²) < 4.78 is 0. The number of nitrogens with one attached hydrogen (secondary N) is 2. The Bertz CT molecular complexity index is 484. The van der Waals surface area contributed by atoms with Crippen LogP contribution >= 0.6 is 0 Å². The van der Waals surface area contributed by atoms with Crippen molar-refractivity contribution in [1.82, 2.24) is 20.4 Å². The Morgan fingerprint density at radius 3 is 2.70 bits per heavy atom. The van der Waals surface area contributed by atoms with Gasteiger partial charge in [0.15, 0.2) is 0 Å². The van der Waals surface area contributed by atoms with Crippen molar-refractivity contribution >= 4 is 5.91 Å². The Balaban J connectivity index is 1.76. The van der Waals surface area contributed by atoms with Gasteiger partial charge in [-0.1, -0.05) is 13.8 Å². The second-order valence-electron chi connectivity index (χ2n) is 5.77. The number of aromatic amines is 1. The smallest absolute Gasteiger partial charge is 0.271 e. The lowest BCUT2D eigenvalue weighted by Gasteiger charge is -2.34. The van der Waals surface area contributed by atoms with Gasteiger partial charge < -0.3 is 10.2 Å². The number of nitrogens with zero attached hydrogens (tertiary/aromatic N) is 2. The molecule has 6 heteroatoms. The molecule has 0 unspecified atom stereocenters. The van der Waals surface area contributed by atoms with Crippen molar-refractivity contribution in [1.29, 1.82) is 0 Å². The molecule has 2 heterocycles. The Hall–Kier alpha value is -1.69. The Labute approximate surface area is 118 Å². The van der Waals surface area contributed by atoms with Crippen LogP contribution in [0.15, 0.2) is 16.9 Å². The highest BCUT2D eigenvalue weighted by Crippen LogP contribution is 2.20. The maximum Gasteiger partial charge on any atom is 0.271 e. The summed E-state index contributed by atoms with van der Waals surface area (Å²) in [5, 5.41) is 8.79. The van der Waals surface area contributed by atoms with Crippen LogP contribution in [0.5, 0.6) is 0 Å². The van der Waals surface area contributed by atoms with Gasteiger partial charge in [-0.2, -0.15) is 5.10 Å². The standard InChI is InChI=1S/C14H22N4O2/c1-10-7-11(2)9-18(8-10)6-5-15-14(20)12-3-4-13(19)17-16-12/h3-4,10-11H,5-9H2,1-2H3,(H,15,20)(H,17,19)/t10-,11+. The van der Waals surface area contributed by atoms with Gasteiger partial charge in [-0.15, -0.1) is 0 Å². The van der Waals surface area contributed by atoms with E-state index in [4.69, 9.17) is 0 Å². The summed E-state index contributed by atoms with van der Waals surface area (Å²) in [6.07, 6.45) is 1.28. The molecule has 0 bridgehead atoms. The van der Waals surface area contributed by atoms with Crippen LogP contribution in [0.1, 0.15) is 30.8 Å². The van der Waals surface area contributed by atoms with Gasteiger partial charge in [0.2, 0.25) is 0 Å². The number of carbonyl (C=O) groups is 1. The van der Waals surface area contributed by atoms with E-state index < -0.39 is 0 Å². The van der Waals surface area contributed by atoms with Crippen molar-refractivity contribution < 1.29 is 4.79 Å². The van der Waals surface area contributed by atoms with E-state index in [0.29, 0.717) is 6.54 Å². The zero-order valence-corrected chi connectivity index (χ0v) is 12.1. The highest BCUT2D eigenvalue weighted by Gasteiger charge is 2.21. The molecule has 2 N–H and O–H groups in total. The summed E-state index contributed by atoms with van der Waals surface area (Å²) in [5.41, 5.74) is -0.0668. The first kappa shape index (κ1) is 14.7. The number of piperidine rings is 1. The van der Waals surface area contributed by atoms with Gasteiger partial charge >= 0.3 is 0 Å². The summed E-state index contributed by atoms with van der Waals surface area (Å²) in [5.74, 6) is 1.19. The number of hydrogen-bond acceptors (Lipinski definition) is 4. The molecular formula is C14H22N4O2. The first-order chi connectivity index (χ1) is 9.54. The predicted molar refractivity (Wildman–Crippen MR) is 76.6 cm³/mol. The lowest BCUT2D eigenvalue weighted by atomic mass is 9.92. The van der Waals surface area contributed by atoms with Crippen LogP contribution < -0.4 is 10.9 Å². The van der Waals surface area contributed by atoms with Crippen LogP contribution in [0, 0.1) is 11.8 Å². The van der Waals surface area contributed by atoms with Crippen LogP contribution in [0.3, 0.4) is 0 Å². The summed E-state index contributed by atoms with van der Waals surface area (Å²) in [6.45, 7) is 8.17. The van der Waals surface area contributed by atoms with Crippen LogP contribution in [0.4, 0.5) is 0 Å². The molecule has 1 amide bonds. The SMILES string of the molecule is C[C@@H]1C[C@H](C)CN(CCNC(=O)c2ccc(=O)[nH]n2)C1. The van der Waals surface area contributed by atoms with E-state index in [1.54, 1.807) is 0 Å². The molecule has 0 aromatic carbocycles. The summed E-state index contributed by atoms with van der Waals surface area (Å²) in [7, 11) is 0. The zero-order chi connectivity index (χ0) is 14.5. The minimum absolute atomic E-state index is 0.241. The number of hydrogen-bond donors (Lipinski definition) is 2. The first-order valence-electron chi connectivity index (χ1n) is 7.11. The quantitative estimate of drug-likeness (QED) is 0.839. The average Bonchev–Trinajstić information content (AvgIpc) is 2.38. The van der Waals surface area contributed by atoms with Gasteiger partial charge in [-0.25, -0.2) is 5.10 Å². The van der Waals surface area contributed by atoms with Crippen molar-refractivity contribution in [3.05, 3.63) is 28.2 Å². The number of carbonyl (C=O) groups excluding carboxylic acids is 1. The number of aromatic nitrogens is 2. The Kier molecular flexibility index (Phi) is 4.89. The van der Waals surface area contributed by atoms with Gasteiger partial charge in [0.05, 0.1) is 0 Å². The van der Waals surface area contributed by atoms with Crippen LogP contribution in [0.25, 0.3) is 0 Å². The van der Waals surface area contributed by atoms with Crippen molar-refractivity contribution in [2.24, 2.45) is 11.8 Å². The van der Waals surface area contributed by atoms with Gasteiger partial charge in [0.1, 0.15) is 5.69 Å². The van der Waals surface area contributed by atoms with E-state index >= 15 is 0 Å². The number of likely N-dealkylation sites (tertiary alicyclic amines) is 1. The van der Waals surface area contributed by atoms with E-state index in [1.807, 2.05) is 0 Å². The van der Waals surface area contributed by atoms with E-state index in [0.717, 1.165) is 31.5 Å². The third-order valence-corrected chi connectivity index (χ3v) is 3.57. The third-order valence-electron chi connectivity index (χ3n) is 3.57. The monoisotopic (exact) mass is 278 g/mol. The molecular weight excluding hydrogens is 256 g/mol. The van der Waals surface area contributed by atoms with Crippen LogP contribution in [-0.4, -0.2) is 47.2 Å². The molecule has 1 aliphatic heterocycles. The number of rotatable bonds is 4. The van der Waals surface area contributed by atoms with E-state index in [9.17, 15) is 9.59 Å². The minimum Gasteiger partial charge on any atom is -0.349 e. The van der Waals surface area contributed by atoms with Gasteiger partial charge in [0, 0.05) is 32.2 Å². The van der Waals surface area contributed by atoms with Crippen molar-refractivity contribution in [3.63, 3.8) is 0 Å². The summed E-state index contributed by atoms with van der Waals surface area (Å²) in [6, 6.07) is 2.73. The molecule has 1 aliphatic rings. The molecule has 0 saturated carbocycles. The Morgan fingerprint density at radius 2 is 2.10 bits per heavy atom. The van der Waals surface area contributed by atoms with Crippen molar-refractivity contribution in [3.8, 4) is 0 Å².